The first kappa shape index (κ1) is 14.4. The van der Waals surface area contributed by atoms with Gasteiger partial charge in [0.1, 0.15) is 0 Å². The summed E-state index contributed by atoms with van der Waals surface area (Å²) in [7, 11) is 0. The van der Waals surface area contributed by atoms with Gasteiger partial charge in [0.2, 0.25) is 11.1 Å². The van der Waals surface area contributed by atoms with Crippen LogP contribution in [0.5, 0.6) is 0 Å². The number of carbonyl (C=O) groups excluding carboxylic acids is 2. The first-order chi connectivity index (χ1) is 7.10. The van der Waals surface area contributed by atoms with E-state index < -0.39 is 5.24 Å². The van der Waals surface area contributed by atoms with Crippen LogP contribution in [-0.4, -0.2) is 42.2 Å². The lowest BCUT2D eigenvalue weighted by Crippen LogP contribution is -2.34. The van der Waals surface area contributed by atoms with Crippen LogP contribution in [0.4, 0.5) is 0 Å². The van der Waals surface area contributed by atoms with Crippen LogP contribution in [0.15, 0.2) is 0 Å². The Labute approximate surface area is 96.0 Å². The van der Waals surface area contributed by atoms with E-state index in [0.29, 0.717) is 6.54 Å². The lowest BCUT2D eigenvalue weighted by Gasteiger charge is -2.17. The number of rotatable bonds is 8. The van der Waals surface area contributed by atoms with Crippen molar-refractivity contribution in [3.63, 3.8) is 0 Å². The summed E-state index contributed by atoms with van der Waals surface area (Å²) in [4.78, 5) is 23.8. The lowest BCUT2D eigenvalue weighted by atomic mass is 10.3. The molecule has 0 spiro atoms. The molecule has 5 heteroatoms. The first-order valence-corrected chi connectivity index (χ1v) is 5.65. The van der Waals surface area contributed by atoms with Crippen molar-refractivity contribution in [2.45, 2.75) is 26.7 Å². The molecule has 0 aromatic carbocycles. The van der Waals surface area contributed by atoms with E-state index in [2.05, 4.69) is 24.1 Å². The highest BCUT2D eigenvalue weighted by Crippen LogP contribution is 1.94. The van der Waals surface area contributed by atoms with Gasteiger partial charge in [-0.15, -0.1) is 0 Å². The van der Waals surface area contributed by atoms with E-state index in [0.717, 1.165) is 19.6 Å². The summed E-state index contributed by atoms with van der Waals surface area (Å²) < 4.78 is 0. The number of nitrogens with zero attached hydrogens (tertiary/aromatic N) is 1. The zero-order valence-corrected chi connectivity index (χ0v) is 10.1. The van der Waals surface area contributed by atoms with E-state index in [1.54, 1.807) is 0 Å². The van der Waals surface area contributed by atoms with Gasteiger partial charge in [-0.2, -0.15) is 0 Å². The molecule has 88 valence electrons. The van der Waals surface area contributed by atoms with Crippen molar-refractivity contribution in [1.82, 2.24) is 10.2 Å². The third-order valence-electron chi connectivity index (χ3n) is 2.19. The Hall–Kier alpha value is -0.610. The van der Waals surface area contributed by atoms with Crippen LogP contribution in [0.2, 0.25) is 0 Å². The SMILES string of the molecule is CCN(CC)CCNC(=O)CCC(=O)Cl. The van der Waals surface area contributed by atoms with Crippen molar-refractivity contribution in [1.29, 1.82) is 0 Å². The maximum Gasteiger partial charge on any atom is 0.222 e. The highest BCUT2D eigenvalue weighted by Gasteiger charge is 2.04. The third-order valence-corrected chi connectivity index (χ3v) is 2.38. The molecule has 0 heterocycles. The number of likely N-dealkylation sites (N-methyl/N-ethyl adjacent to an activating group) is 1. The Balaban J connectivity index is 3.49. The van der Waals surface area contributed by atoms with Crippen LogP contribution in [-0.2, 0) is 9.59 Å². The summed E-state index contributed by atoms with van der Waals surface area (Å²) in [5.41, 5.74) is 0. The molecular weight excluding hydrogens is 216 g/mol. The Morgan fingerprint density at radius 3 is 2.27 bits per heavy atom. The molecule has 1 amide bonds. The van der Waals surface area contributed by atoms with Gasteiger partial charge in [-0.05, 0) is 24.7 Å². The van der Waals surface area contributed by atoms with Crippen LogP contribution in [0.25, 0.3) is 0 Å². The summed E-state index contributed by atoms with van der Waals surface area (Å²) in [5.74, 6) is -0.115. The molecule has 1 N–H and O–H groups in total. The van der Waals surface area contributed by atoms with Crippen molar-refractivity contribution < 1.29 is 9.59 Å². The normalized spacial score (nSPS) is 10.4. The second-order valence-electron chi connectivity index (χ2n) is 3.23. The zero-order valence-electron chi connectivity index (χ0n) is 9.38. The van der Waals surface area contributed by atoms with Crippen molar-refractivity contribution >= 4 is 22.8 Å². The van der Waals surface area contributed by atoms with Crippen LogP contribution in [0.3, 0.4) is 0 Å². The highest BCUT2D eigenvalue weighted by molar-refractivity contribution is 6.63. The van der Waals surface area contributed by atoms with Crippen LogP contribution < -0.4 is 5.32 Å². The minimum absolute atomic E-state index is 0.110. The predicted molar refractivity (Wildman–Crippen MR) is 60.9 cm³/mol. The second-order valence-corrected chi connectivity index (χ2v) is 3.65. The topological polar surface area (TPSA) is 49.4 Å². The molecule has 0 aromatic heterocycles. The Morgan fingerprint density at radius 2 is 1.80 bits per heavy atom. The second kappa shape index (κ2) is 8.68. The van der Waals surface area contributed by atoms with E-state index in [1.165, 1.54) is 0 Å². The Kier molecular flexibility index (Phi) is 8.33. The molecule has 0 fully saturated rings. The van der Waals surface area contributed by atoms with Crippen molar-refractivity contribution in [2.24, 2.45) is 0 Å². The Bertz CT molecular complexity index is 206. The monoisotopic (exact) mass is 234 g/mol. The van der Waals surface area contributed by atoms with E-state index in [1.807, 2.05) is 0 Å². The molecule has 0 aliphatic heterocycles. The molecule has 4 nitrogen and oxygen atoms in total. The smallest absolute Gasteiger partial charge is 0.222 e. The van der Waals surface area contributed by atoms with E-state index >= 15 is 0 Å². The van der Waals surface area contributed by atoms with E-state index in [4.69, 9.17) is 11.6 Å². The number of hydrogen-bond acceptors (Lipinski definition) is 3. The van der Waals surface area contributed by atoms with Gasteiger partial charge in [0.05, 0.1) is 0 Å². The maximum atomic E-state index is 11.2. The molecule has 15 heavy (non-hydrogen) atoms. The Morgan fingerprint density at radius 1 is 1.20 bits per heavy atom. The maximum absolute atomic E-state index is 11.2. The van der Waals surface area contributed by atoms with Gasteiger partial charge in [0.25, 0.3) is 0 Å². The predicted octanol–water partition coefficient (Wildman–Crippen LogP) is 0.990. The van der Waals surface area contributed by atoms with Gasteiger partial charge in [0.15, 0.2) is 0 Å². The standard InChI is InChI=1S/C10H19ClN2O2/c1-3-13(4-2)8-7-12-10(15)6-5-9(11)14/h3-8H2,1-2H3,(H,12,15). The van der Waals surface area contributed by atoms with Gasteiger partial charge in [0, 0.05) is 25.9 Å². The van der Waals surface area contributed by atoms with Crippen LogP contribution in [0, 0.1) is 0 Å². The zero-order chi connectivity index (χ0) is 11.7. The molecule has 0 aliphatic carbocycles. The number of halogens is 1. The first-order valence-electron chi connectivity index (χ1n) is 5.27. The third kappa shape index (κ3) is 8.39. The molecular formula is C10H19ClN2O2. The quantitative estimate of drug-likeness (QED) is 0.638. The molecule has 0 radical (unpaired) electrons. The van der Waals surface area contributed by atoms with Crippen LogP contribution in [0.1, 0.15) is 26.7 Å². The number of carbonyl (C=O) groups is 2. The summed E-state index contributed by atoms with van der Waals surface area (Å²) in [6, 6.07) is 0. The molecule has 0 rings (SSSR count). The summed E-state index contributed by atoms with van der Waals surface area (Å²) in [6.07, 6.45) is 0.291. The molecule has 0 aliphatic rings. The van der Waals surface area contributed by atoms with E-state index in [9.17, 15) is 9.59 Å². The average Bonchev–Trinajstić information content (AvgIpc) is 2.21. The average molecular weight is 235 g/mol. The van der Waals surface area contributed by atoms with Crippen molar-refractivity contribution in [3.05, 3.63) is 0 Å². The molecule has 0 unspecified atom stereocenters. The number of hydrogen-bond donors (Lipinski definition) is 1. The fourth-order valence-corrected chi connectivity index (χ4v) is 1.29. The number of amides is 1. The van der Waals surface area contributed by atoms with Crippen molar-refractivity contribution in [3.8, 4) is 0 Å². The fourth-order valence-electron chi connectivity index (χ4n) is 1.19. The molecule has 0 bridgehead atoms. The summed E-state index contributed by atoms with van der Waals surface area (Å²) in [6.45, 7) is 7.58. The molecule has 0 saturated carbocycles. The van der Waals surface area contributed by atoms with Gasteiger partial charge in [-0.25, -0.2) is 0 Å². The van der Waals surface area contributed by atoms with Gasteiger partial charge in [-0.1, -0.05) is 13.8 Å². The fraction of sp³-hybridized carbons (Fsp3) is 0.800. The largest absolute Gasteiger partial charge is 0.355 e. The molecule has 0 atom stereocenters. The van der Waals surface area contributed by atoms with Gasteiger partial charge in [-0.3, -0.25) is 9.59 Å². The minimum Gasteiger partial charge on any atom is -0.355 e. The molecule has 0 saturated heterocycles. The summed E-state index contributed by atoms with van der Waals surface area (Å²) in [5, 5.41) is 2.28. The summed E-state index contributed by atoms with van der Waals surface area (Å²) >= 11 is 5.12. The number of nitrogens with one attached hydrogen (secondary N) is 1. The molecule has 0 aromatic rings. The van der Waals surface area contributed by atoms with E-state index in [-0.39, 0.29) is 18.7 Å². The van der Waals surface area contributed by atoms with Crippen LogP contribution >= 0.6 is 11.6 Å². The van der Waals surface area contributed by atoms with Crippen molar-refractivity contribution in [2.75, 3.05) is 26.2 Å². The highest BCUT2D eigenvalue weighted by atomic mass is 35.5. The lowest BCUT2D eigenvalue weighted by molar-refractivity contribution is -0.123. The van der Waals surface area contributed by atoms with Gasteiger partial charge >= 0.3 is 0 Å². The minimum atomic E-state index is -0.464. The van der Waals surface area contributed by atoms with Gasteiger partial charge < -0.3 is 10.2 Å².